The summed E-state index contributed by atoms with van der Waals surface area (Å²) in [6.07, 6.45) is 3.30. The first kappa shape index (κ1) is 13.3. The van der Waals surface area contributed by atoms with Gasteiger partial charge in [-0.3, -0.25) is 10.2 Å². The van der Waals surface area contributed by atoms with Crippen molar-refractivity contribution in [3.63, 3.8) is 0 Å². The van der Waals surface area contributed by atoms with E-state index in [1.807, 2.05) is 6.07 Å². The van der Waals surface area contributed by atoms with Crippen LogP contribution < -0.4 is 11.3 Å². The van der Waals surface area contributed by atoms with E-state index in [0.29, 0.717) is 17.9 Å². The Labute approximate surface area is 118 Å². The van der Waals surface area contributed by atoms with Crippen molar-refractivity contribution in [3.8, 4) is 6.07 Å². The molecular weight excluding hydrogens is 310 g/mol. The molecule has 0 fully saturated rings. The fourth-order valence-electron chi connectivity index (χ4n) is 1.63. The van der Waals surface area contributed by atoms with Crippen molar-refractivity contribution < 1.29 is 4.79 Å². The topological polar surface area (TPSA) is 96.7 Å². The molecule has 0 bridgehead atoms. The number of hydrazine groups is 1. The van der Waals surface area contributed by atoms with Crippen LogP contribution in [0.4, 0.5) is 0 Å². The zero-order chi connectivity index (χ0) is 13.8. The number of hydrogen-bond donors (Lipinski definition) is 2. The quantitative estimate of drug-likeness (QED) is 0.504. The van der Waals surface area contributed by atoms with Crippen molar-refractivity contribution in [2.75, 3.05) is 0 Å². The molecule has 0 saturated carbocycles. The Kier molecular flexibility index (Phi) is 3.94. The summed E-state index contributed by atoms with van der Waals surface area (Å²) in [5.74, 6) is 5.07. The summed E-state index contributed by atoms with van der Waals surface area (Å²) in [5, 5.41) is 8.89. The molecule has 1 amide bonds. The first-order valence-corrected chi connectivity index (χ1v) is 6.15. The van der Waals surface area contributed by atoms with Gasteiger partial charge in [0.1, 0.15) is 6.07 Å². The fraction of sp³-hybridized carbons (Fsp3) is 0.0833. The molecule has 0 saturated heterocycles. The van der Waals surface area contributed by atoms with E-state index < -0.39 is 0 Å². The van der Waals surface area contributed by atoms with Crippen LogP contribution >= 0.6 is 15.9 Å². The number of nitrogens with two attached hydrogens (primary N) is 1. The Morgan fingerprint density at radius 1 is 1.58 bits per heavy atom. The zero-order valence-corrected chi connectivity index (χ0v) is 11.4. The van der Waals surface area contributed by atoms with Gasteiger partial charge in [0.05, 0.1) is 6.54 Å². The molecule has 2 rings (SSSR count). The van der Waals surface area contributed by atoms with E-state index in [9.17, 15) is 4.79 Å². The van der Waals surface area contributed by atoms with E-state index in [4.69, 9.17) is 11.1 Å². The molecule has 0 radical (unpaired) electrons. The molecule has 0 aliphatic carbocycles. The molecule has 3 N–H and O–H groups in total. The number of nitrogen functional groups attached to an aromatic ring is 1. The molecule has 0 unspecified atom stereocenters. The molecule has 7 heteroatoms. The standard InChI is InChI=1S/C12H10BrN5O/c13-10-5-8(12(19)17-15)1-2-9(10)7-18-4-3-16-11(18)6-14/h1-5H,7,15H2,(H,17,19). The third kappa shape index (κ3) is 2.81. The van der Waals surface area contributed by atoms with E-state index in [0.717, 1.165) is 10.0 Å². The lowest BCUT2D eigenvalue weighted by molar-refractivity contribution is 0.0953. The van der Waals surface area contributed by atoms with E-state index in [-0.39, 0.29) is 5.91 Å². The second-order valence-corrected chi connectivity index (χ2v) is 4.62. The minimum Gasteiger partial charge on any atom is -0.318 e. The summed E-state index contributed by atoms with van der Waals surface area (Å²) < 4.78 is 2.49. The van der Waals surface area contributed by atoms with Gasteiger partial charge in [0.2, 0.25) is 5.82 Å². The zero-order valence-electron chi connectivity index (χ0n) is 9.80. The second kappa shape index (κ2) is 5.65. The fourth-order valence-corrected chi connectivity index (χ4v) is 2.14. The number of imidazole rings is 1. The van der Waals surface area contributed by atoms with Crippen molar-refractivity contribution in [2.24, 2.45) is 5.84 Å². The smallest absolute Gasteiger partial charge is 0.265 e. The Hall–Kier alpha value is -2.17. The van der Waals surface area contributed by atoms with Gasteiger partial charge in [-0.2, -0.15) is 5.26 Å². The summed E-state index contributed by atoms with van der Waals surface area (Å²) in [7, 11) is 0. The van der Waals surface area contributed by atoms with Gasteiger partial charge in [-0.15, -0.1) is 0 Å². The van der Waals surface area contributed by atoms with Gasteiger partial charge in [-0.1, -0.05) is 22.0 Å². The van der Waals surface area contributed by atoms with Crippen LogP contribution in [0.2, 0.25) is 0 Å². The van der Waals surface area contributed by atoms with Crippen molar-refractivity contribution in [3.05, 3.63) is 52.0 Å². The van der Waals surface area contributed by atoms with Crippen LogP contribution in [-0.4, -0.2) is 15.5 Å². The van der Waals surface area contributed by atoms with Crippen molar-refractivity contribution >= 4 is 21.8 Å². The number of hydrogen-bond acceptors (Lipinski definition) is 4. The highest BCUT2D eigenvalue weighted by Gasteiger charge is 2.09. The lowest BCUT2D eigenvalue weighted by Crippen LogP contribution is -2.29. The molecule has 1 heterocycles. The van der Waals surface area contributed by atoms with E-state index >= 15 is 0 Å². The maximum atomic E-state index is 11.4. The number of rotatable bonds is 3. The molecule has 19 heavy (non-hydrogen) atoms. The molecule has 0 aliphatic rings. The number of carbonyl (C=O) groups excluding carboxylic acids is 1. The van der Waals surface area contributed by atoms with Crippen LogP contribution in [0, 0.1) is 11.3 Å². The molecular formula is C12H10BrN5O. The monoisotopic (exact) mass is 319 g/mol. The Bertz CT molecular complexity index is 658. The molecule has 1 aromatic carbocycles. The predicted molar refractivity (Wildman–Crippen MR) is 71.8 cm³/mol. The van der Waals surface area contributed by atoms with Gasteiger partial charge in [0.25, 0.3) is 5.91 Å². The predicted octanol–water partition coefficient (Wildman–Crippen LogP) is 1.17. The summed E-state index contributed by atoms with van der Waals surface area (Å²) in [6.45, 7) is 0.494. The third-order valence-electron chi connectivity index (χ3n) is 2.60. The number of aromatic nitrogens is 2. The van der Waals surface area contributed by atoms with Crippen LogP contribution in [0.3, 0.4) is 0 Å². The number of carbonyl (C=O) groups is 1. The van der Waals surface area contributed by atoms with Gasteiger partial charge < -0.3 is 4.57 Å². The number of halogens is 1. The Morgan fingerprint density at radius 3 is 3.00 bits per heavy atom. The lowest BCUT2D eigenvalue weighted by Gasteiger charge is -2.08. The minimum absolute atomic E-state index is 0.343. The highest BCUT2D eigenvalue weighted by atomic mass is 79.9. The molecule has 6 nitrogen and oxygen atoms in total. The first-order valence-electron chi connectivity index (χ1n) is 5.36. The maximum absolute atomic E-state index is 11.4. The van der Waals surface area contributed by atoms with Crippen LogP contribution in [0.15, 0.2) is 35.1 Å². The van der Waals surface area contributed by atoms with Gasteiger partial charge in [0, 0.05) is 22.4 Å². The SMILES string of the molecule is N#Cc1nccn1Cc1ccc(C(=O)NN)cc1Br. The lowest BCUT2D eigenvalue weighted by atomic mass is 10.1. The molecule has 0 aliphatic heterocycles. The second-order valence-electron chi connectivity index (χ2n) is 3.77. The normalized spacial score (nSPS) is 9.95. The number of amides is 1. The summed E-state index contributed by atoms with van der Waals surface area (Å²) >= 11 is 3.40. The van der Waals surface area contributed by atoms with Crippen LogP contribution in [-0.2, 0) is 6.54 Å². The van der Waals surface area contributed by atoms with E-state index in [1.54, 1.807) is 35.2 Å². The molecule has 96 valence electrons. The van der Waals surface area contributed by atoms with Gasteiger partial charge in [0.15, 0.2) is 0 Å². The Morgan fingerprint density at radius 2 is 2.37 bits per heavy atom. The Balaban J connectivity index is 2.28. The highest BCUT2D eigenvalue weighted by molar-refractivity contribution is 9.10. The maximum Gasteiger partial charge on any atom is 0.265 e. The number of nitriles is 1. The molecule has 0 spiro atoms. The van der Waals surface area contributed by atoms with Gasteiger partial charge >= 0.3 is 0 Å². The van der Waals surface area contributed by atoms with Crippen LogP contribution in [0.25, 0.3) is 0 Å². The number of nitrogens with one attached hydrogen (secondary N) is 1. The number of benzene rings is 1. The summed E-state index contributed by atoms with van der Waals surface area (Å²) in [6, 6.07) is 7.16. The summed E-state index contributed by atoms with van der Waals surface area (Å²) in [4.78, 5) is 15.3. The average molecular weight is 320 g/mol. The average Bonchev–Trinajstić information content (AvgIpc) is 2.87. The van der Waals surface area contributed by atoms with Crippen molar-refractivity contribution in [1.29, 1.82) is 5.26 Å². The first-order chi connectivity index (χ1) is 9.15. The minimum atomic E-state index is -0.354. The molecule has 2 aromatic rings. The van der Waals surface area contributed by atoms with E-state index in [1.165, 1.54) is 0 Å². The third-order valence-corrected chi connectivity index (χ3v) is 3.34. The van der Waals surface area contributed by atoms with E-state index in [2.05, 4.69) is 26.3 Å². The highest BCUT2D eigenvalue weighted by Crippen LogP contribution is 2.20. The van der Waals surface area contributed by atoms with Crippen LogP contribution in [0.1, 0.15) is 21.7 Å². The summed E-state index contributed by atoms with van der Waals surface area (Å²) in [5.41, 5.74) is 3.47. The van der Waals surface area contributed by atoms with Gasteiger partial charge in [-0.25, -0.2) is 10.8 Å². The van der Waals surface area contributed by atoms with Gasteiger partial charge in [-0.05, 0) is 17.7 Å². The van der Waals surface area contributed by atoms with Crippen molar-refractivity contribution in [1.82, 2.24) is 15.0 Å². The van der Waals surface area contributed by atoms with Crippen molar-refractivity contribution in [2.45, 2.75) is 6.54 Å². The largest absolute Gasteiger partial charge is 0.318 e. The molecule has 0 atom stereocenters. The number of nitrogens with zero attached hydrogens (tertiary/aromatic N) is 3. The molecule has 1 aromatic heterocycles. The van der Waals surface area contributed by atoms with Crippen LogP contribution in [0.5, 0.6) is 0 Å².